The summed E-state index contributed by atoms with van der Waals surface area (Å²) in [7, 11) is 1.32. The quantitative estimate of drug-likeness (QED) is 0.677. The summed E-state index contributed by atoms with van der Waals surface area (Å²) in [5.74, 6) is 0. The second-order valence-corrected chi connectivity index (χ2v) is 4.99. The fraction of sp³-hybridized carbons (Fsp3) is 0.583. The minimum absolute atomic E-state index is 0.217. The zero-order valence-electron chi connectivity index (χ0n) is 12.3. The summed E-state index contributed by atoms with van der Waals surface area (Å²) in [4.78, 5) is 35.5. The van der Waals surface area contributed by atoms with Crippen LogP contribution in [0.5, 0.6) is 0 Å². The van der Waals surface area contributed by atoms with Gasteiger partial charge in [-0.1, -0.05) is 0 Å². The van der Waals surface area contributed by atoms with E-state index < -0.39 is 47.5 Å². The van der Waals surface area contributed by atoms with Crippen molar-refractivity contribution < 1.29 is 32.5 Å². The fourth-order valence-electron chi connectivity index (χ4n) is 2.17. The van der Waals surface area contributed by atoms with E-state index in [9.17, 15) is 32.7 Å². The number of alkyl halides is 3. The summed E-state index contributed by atoms with van der Waals surface area (Å²) < 4.78 is 48.8. The van der Waals surface area contributed by atoms with Crippen LogP contribution in [0.2, 0.25) is 0 Å². The molecule has 1 fully saturated rings. The number of halogens is 3. The first-order valence-corrected chi connectivity index (χ1v) is 6.74. The van der Waals surface area contributed by atoms with Gasteiger partial charge in [-0.05, 0) is 0 Å². The van der Waals surface area contributed by atoms with E-state index in [1.54, 1.807) is 4.98 Å². The lowest BCUT2D eigenvalue weighted by atomic mass is 10.2. The summed E-state index contributed by atoms with van der Waals surface area (Å²) in [6.07, 6.45) is -9.07. The normalized spacial score (nSPS) is 24.0. The molecule has 0 radical (unpaired) electrons. The summed E-state index contributed by atoms with van der Waals surface area (Å²) in [5.41, 5.74) is -4.25. The molecule has 1 aromatic rings. The van der Waals surface area contributed by atoms with Crippen LogP contribution in [0.3, 0.4) is 0 Å². The van der Waals surface area contributed by atoms with Gasteiger partial charge in [0.05, 0.1) is 6.10 Å². The maximum atomic E-state index is 12.8. The third-order valence-electron chi connectivity index (χ3n) is 3.37. The molecule has 24 heavy (non-hydrogen) atoms. The lowest BCUT2D eigenvalue weighted by molar-refractivity contribution is -0.139. The van der Waals surface area contributed by atoms with Crippen molar-refractivity contribution >= 4 is 6.09 Å². The summed E-state index contributed by atoms with van der Waals surface area (Å²) in [6.45, 7) is -0.360. The largest absolute Gasteiger partial charge is 0.447 e. The Morgan fingerprint density at radius 3 is 2.79 bits per heavy atom. The van der Waals surface area contributed by atoms with E-state index in [0.29, 0.717) is 10.8 Å². The summed E-state index contributed by atoms with van der Waals surface area (Å²) in [5, 5.41) is 12.0. The van der Waals surface area contributed by atoms with Gasteiger partial charge in [-0.25, -0.2) is 9.59 Å². The lowest BCUT2D eigenvalue weighted by Crippen LogP contribution is -2.36. The van der Waals surface area contributed by atoms with Crippen molar-refractivity contribution in [3.05, 3.63) is 32.6 Å². The molecule has 134 valence electrons. The molecule has 9 nitrogen and oxygen atoms in total. The summed E-state index contributed by atoms with van der Waals surface area (Å²) >= 11 is 0. The topological polar surface area (TPSA) is 123 Å². The minimum atomic E-state index is -4.96. The summed E-state index contributed by atoms with van der Waals surface area (Å²) in [6, 6.07) is 0. The Balaban J connectivity index is 2.22. The SMILES string of the molecule is CNC(=O)OC[C@@H]1O[C@H](n2cc(C(F)(F)F)c(=O)[nH]c2=O)C[C@@H]1O. The van der Waals surface area contributed by atoms with Gasteiger partial charge in [0.15, 0.2) is 0 Å². The van der Waals surface area contributed by atoms with Crippen LogP contribution in [0.15, 0.2) is 15.8 Å². The molecule has 1 amide bonds. The average Bonchev–Trinajstić information content (AvgIpc) is 2.84. The highest BCUT2D eigenvalue weighted by Gasteiger charge is 2.39. The Bertz CT molecular complexity index is 728. The van der Waals surface area contributed by atoms with E-state index in [2.05, 4.69) is 5.32 Å². The zero-order chi connectivity index (χ0) is 18.1. The van der Waals surface area contributed by atoms with Crippen molar-refractivity contribution in [2.45, 2.75) is 31.0 Å². The lowest BCUT2D eigenvalue weighted by Gasteiger charge is -2.17. The molecule has 0 aromatic carbocycles. The molecule has 3 atom stereocenters. The molecule has 0 aliphatic carbocycles. The highest BCUT2D eigenvalue weighted by molar-refractivity contribution is 5.66. The standard InChI is InChI=1S/C12H14F3N3O6/c1-16-11(22)23-4-7-6(19)2-8(24-7)18-3-5(12(13,14)15)9(20)17-10(18)21/h3,6-8,19H,2,4H2,1H3,(H,16,22)(H,17,20,21)/t6-,7-,8-/m0/s1. The molecule has 2 rings (SSSR count). The van der Waals surface area contributed by atoms with Crippen molar-refractivity contribution in [1.82, 2.24) is 14.9 Å². The van der Waals surface area contributed by atoms with Crippen molar-refractivity contribution in [2.75, 3.05) is 13.7 Å². The van der Waals surface area contributed by atoms with Gasteiger partial charge in [-0.3, -0.25) is 14.3 Å². The predicted octanol–water partition coefficient (Wildman–Crippen LogP) is -0.440. The predicted molar refractivity (Wildman–Crippen MR) is 71.3 cm³/mol. The number of rotatable bonds is 3. The van der Waals surface area contributed by atoms with Gasteiger partial charge in [-0.2, -0.15) is 13.2 Å². The highest BCUT2D eigenvalue weighted by Crippen LogP contribution is 2.30. The molecule has 3 N–H and O–H groups in total. The van der Waals surface area contributed by atoms with Crippen molar-refractivity contribution in [3.63, 3.8) is 0 Å². The van der Waals surface area contributed by atoms with Crippen LogP contribution in [0.25, 0.3) is 0 Å². The number of carbonyl (C=O) groups excluding carboxylic acids is 1. The van der Waals surface area contributed by atoms with Gasteiger partial charge in [0.25, 0.3) is 5.56 Å². The van der Waals surface area contributed by atoms with Gasteiger partial charge in [-0.15, -0.1) is 0 Å². The zero-order valence-corrected chi connectivity index (χ0v) is 12.3. The first-order chi connectivity index (χ1) is 11.1. The van der Waals surface area contributed by atoms with Crippen LogP contribution >= 0.6 is 0 Å². The molecule has 0 bridgehead atoms. The number of aliphatic hydroxyl groups is 1. The maximum Gasteiger partial charge on any atom is 0.423 e. The van der Waals surface area contributed by atoms with Crippen LogP contribution in [-0.2, 0) is 15.7 Å². The Kier molecular flexibility index (Phi) is 4.99. The molecule has 1 saturated heterocycles. The maximum absolute atomic E-state index is 12.8. The van der Waals surface area contributed by atoms with Gasteiger partial charge in [0.1, 0.15) is 24.5 Å². The fourth-order valence-corrected chi connectivity index (χ4v) is 2.17. The smallest absolute Gasteiger partial charge is 0.423 e. The molecule has 0 unspecified atom stereocenters. The second-order valence-electron chi connectivity index (χ2n) is 4.99. The van der Waals surface area contributed by atoms with Gasteiger partial charge >= 0.3 is 18.0 Å². The molecule has 12 heteroatoms. The second kappa shape index (κ2) is 6.65. The number of H-pyrrole nitrogens is 1. The number of alkyl carbamates (subject to hydrolysis) is 1. The van der Waals surface area contributed by atoms with Gasteiger partial charge in [0, 0.05) is 19.7 Å². The van der Waals surface area contributed by atoms with Crippen LogP contribution in [0.4, 0.5) is 18.0 Å². The average molecular weight is 353 g/mol. The number of aromatic nitrogens is 2. The van der Waals surface area contributed by atoms with Crippen LogP contribution < -0.4 is 16.6 Å². The first kappa shape index (κ1) is 18.0. The number of nitrogens with one attached hydrogen (secondary N) is 2. The van der Waals surface area contributed by atoms with Crippen LogP contribution in [-0.4, -0.2) is 46.6 Å². The Labute approximate surface area is 132 Å². The van der Waals surface area contributed by atoms with Crippen molar-refractivity contribution in [1.29, 1.82) is 0 Å². The number of aliphatic hydroxyl groups excluding tert-OH is 1. The van der Waals surface area contributed by atoms with Crippen molar-refractivity contribution in [2.24, 2.45) is 0 Å². The number of nitrogens with zero attached hydrogens (tertiary/aromatic N) is 1. The number of hydrogen-bond donors (Lipinski definition) is 3. The number of ether oxygens (including phenoxy) is 2. The van der Waals surface area contributed by atoms with E-state index in [1.165, 1.54) is 7.05 Å². The Morgan fingerprint density at radius 1 is 1.54 bits per heavy atom. The van der Waals surface area contributed by atoms with Crippen LogP contribution in [0.1, 0.15) is 18.2 Å². The van der Waals surface area contributed by atoms with E-state index in [1.807, 2.05) is 0 Å². The monoisotopic (exact) mass is 353 g/mol. The van der Waals surface area contributed by atoms with Crippen molar-refractivity contribution in [3.8, 4) is 0 Å². The Morgan fingerprint density at radius 2 is 2.21 bits per heavy atom. The number of amides is 1. The Hall–Kier alpha value is -2.34. The molecule has 0 spiro atoms. The van der Waals surface area contributed by atoms with E-state index in [4.69, 9.17) is 9.47 Å². The molecule has 1 aromatic heterocycles. The van der Waals surface area contributed by atoms with Crippen LogP contribution in [0, 0.1) is 0 Å². The first-order valence-electron chi connectivity index (χ1n) is 6.74. The number of hydrogen-bond acceptors (Lipinski definition) is 6. The molecule has 1 aliphatic heterocycles. The molecular formula is C12H14F3N3O6. The minimum Gasteiger partial charge on any atom is -0.447 e. The third kappa shape index (κ3) is 3.76. The number of aromatic amines is 1. The van der Waals surface area contributed by atoms with E-state index in [-0.39, 0.29) is 13.0 Å². The third-order valence-corrected chi connectivity index (χ3v) is 3.37. The van der Waals surface area contributed by atoms with E-state index >= 15 is 0 Å². The molecule has 0 saturated carbocycles. The highest BCUT2D eigenvalue weighted by atomic mass is 19.4. The van der Waals surface area contributed by atoms with E-state index in [0.717, 1.165) is 0 Å². The molecule has 1 aliphatic rings. The van der Waals surface area contributed by atoms with Gasteiger partial charge < -0.3 is 19.9 Å². The molecule has 2 heterocycles. The number of carbonyl (C=O) groups is 1. The van der Waals surface area contributed by atoms with Gasteiger partial charge in [0.2, 0.25) is 0 Å². The molecular weight excluding hydrogens is 339 g/mol.